The number of halogens is 2. The van der Waals surface area contributed by atoms with E-state index in [1.54, 1.807) is 17.0 Å². The fraction of sp³-hybridized carbons (Fsp3) is 0.619. The number of carbonyl (C=O) groups is 2. The predicted octanol–water partition coefficient (Wildman–Crippen LogP) is 2.81. The first-order valence-electron chi connectivity index (χ1n) is 10.1. The average molecular weight is 410 g/mol. The first-order chi connectivity index (χ1) is 13.4. The topological polar surface area (TPSA) is 43.9 Å². The Kier molecular flexibility index (Phi) is 7.30. The van der Waals surface area contributed by atoms with Crippen molar-refractivity contribution in [3.63, 3.8) is 0 Å². The molecule has 1 atom stereocenters. The van der Waals surface area contributed by atoms with E-state index in [0.717, 1.165) is 45.4 Å². The van der Waals surface area contributed by atoms with E-state index in [0.29, 0.717) is 30.5 Å². The van der Waals surface area contributed by atoms with E-state index in [1.807, 2.05) is 4.90 Å². The zero-order valence-electron chi connectivity index (χ0n) is 16.5. The van der Waals surface area contributed by atoms with Crippen molar-refractivity contribution in [1.82, 2.24) is 14.7 Å². The molecule has 2 aliphatic heterocycles. The van der Waals surface area contributed by atoms with E-state index >= 15 is 0 Å². The largest absolute Gasteiger partial charge is 0.342 e. The number of hydrogen-bond acceptors (Lipinski definition) is 3. The molecule has 0 aliphatic carbocycles. The summed E-state index contributed by atoms with van der Waals surface area (Å²) in [6.45, 7) is 4.78. The predicted molar refractivity (Wildman–Crippen MR) is 108 cm³/mol. The van der Waals surface area contributed by atoms with Crippen LogP contribution in [-0.2, 0) is 16.0 Å². The van der Waals surface area contributed by atoms with Crippen LogP contribution >= 0.6 is 11.6 Å². The van der Waals surface area contributed by atoms with Crippen LogP contribution in [0.3, 0.4) is 0 Å². The Morgan fingerprint density at radius 1 is 1.11 bits per heavy atom. The van der Waals surface area contributed by atoms with E-state index in [9.17, 15) is 14.0 Å². The summed E-state index contributed by atoms with van der Waals surface area (Å²) < 4.78 is 14.0. The minimum absolute atomic E-state index is 0.0154. The lowest BCUT2D eigenvalue weighted by Gasteiger charge is -2.35. The van der Waals surface area contributed by atoms with Crippen LogP contribution in [0.25, 0.3) is 0 Å². The minimum atomic E-state index is -0.438. The molecule has 2 aliphatic rings. The molecule has 0 bridgehead atoms. The molecule has 2 saturated heterocycles. The SMILES string of the molecule is CN1CCN(C(=O)CCC2CCCN(C(=O)Cc3c(F)cccc3Cl)C2)CC1. The molecule has 2 heterocycles. The molecule has 1 aromatic rings. The second kappa shape index (κ2) is 9.70. The van der Waals surface area contributed by atoms with Crippen molar-refractivity contribution in [3.8, 4) is 0 Å². The zero-order chi connectivity index (χ0) is 20.1. The summed E-state index contributed by atoms with van der Waals surface area (Å²) in [5.74, 6) is 0.00849. The standard InChI is InChI=1S/C21H29ClFN3O2/c1-24-10-12-25(13-11-24)20(27)8-7-16-4-3-9-26(15-16)21(28)14-17-18(22)5-2-6-19(17)23/h2,5-6,16H,3-4,7-15H2,1H3. The summed E-state index contributed by atoms with van der Waals surface area (Å²) in [7, 11) is 2.07. The minimum Gasteiger partial charge on any atom is -0.342 e. The van der Waals surface area contributed by atoms with Crippen molar-refractivity contribution in [3.05, 3.63) is 34.6 Å². The van der Waals surface area contributed by atoms with E-state index in [-0.39, 0.29) is 23.8 Å². The van der Waals surface area contributed by atoms with Crippen molar-refractivity contribution in [2.45, 2.75) is 32.1 Å². The van der Waals surface area contributed by atoms with Gasteiger partial charge in [-0.2, -0.15) is 0 Å². The maximum Gasteiger partial charge on any atom is 0.227 e. The number of piperazine rings is 1. The lowest BCUT2D eigenvalue weighted by Crippen LogP contribution is -2.47. The van der Waals surface area contributed by atoms with Gasteiger partial charge in [0, 0.05) is 56.3 Å². The third-order valence-electron chi connectivity index (χ3n) is 5.88. The van der Waals surface area contributed by atoms with Crippen molar-refractivity contribution >= 4 is 23.4 Å². The number of likely N-dealkylation sites (N-methyl/N-ethyl adjacent to an activating group) is 1. The zero-order valence-corrected chi connectivity index (χ0v) is 17.3. The van der Waals surface area contributed by atoms with Gasteiger partial charge in [-0.1, -0.05) is 17.7 Å². The third-order valence-corrected chi connectivity index (χ3v) is 6.24. The Balaban J connectivity index is 1.48. The molecule has 154 valence electrons. The second-order valence-corrected chi connectivity index (χ2v) is 8.35. The third kappa shape index (κ3) is 5.45. The molecular weight excluding hydrogens is 381 g/mol. The van der Waals surface area contributed by atoms with Crippen molar-refractivity contribution in [2.75, 3.05) is 46.3 Å². The van der Waals surface area contributed by atoms with Gasteiger partial charge in [-0.15, -0.1) is 0 Å². The van der Waals surface area contributed by atoms with Gasteiger partial charge in [0.25, 0.3) is 0 Å². The van der Waals surface area contributed by atoms with Crippen LogP contribution in [-0.4, -0.2) is 72.8 Å². The van der Waals surface area contributed by atoms with Gasteiger partial charge in [-0.05, 0) is 44.4 Å². The van der Waals surface area contributed by atoms with Crippen molar-refractivity contribution < 1.29 is 14.0 Å². The van der Waals surface area contributed by atoms with E-state index < -0.39 is 5.82 Å². The highest BCUT2D eigenvalue weighted by Crippen LogP contribution is 2.24. The van der Waals surface area contributed by atoms with Gasteiger partial charge in [-0.3, -0.25) is 9.59 Å². The highest BCUT2D eigenvalue weighted by molar-refractivity contribution is 6.31. The maximum atomic E-state index is 14.0. The van der Waals surface area contributed by atoms with Crippen LogP contribution in [0, 0.1) is 11.7 Å². The van der Waals surface area contributed by atoms with Crippen molar-refractivity contribution in [1.29, 1.82) is 0 Å². The monoisotopic (exact) mass is 409 g/mol. The number of rotatable bonds is 5. The summed E-state index contributed by atoms with van der Waals surface area (Å²) in [4.78, 5) is 31.1. The van der Waals surface area contributed by atoms with Crippen LogP contribution in [0.1, 0.15) is 31.2 Å². The van der Waals surface area contributed by atoms with Crippen LogP contribution in [0.2, 0.25) is 5.02 Å². The van der Waals surface area contributed by atoms with Gasteiger partial charge in [0.1, 0.15) is 5.82 Å². The molecule has 0 saturated carbocycles. The number of likely N-dealkylation sites (tertiary alicyclic amines) is 1. The van der Waals surface area contributed by atoms with Crippen LogP contribution in [0.15, 0.2) is 18.2 Å². The van der Waals surface area contributed by atoms with E-state index in [2.05, 4.69) is 11.9 Å². The highest BCUT2D eigenvalue weighted by Gasteiger charge is 2.26. The summed E-state index contributed by atoms with van der Waals surface area (Å²) in [6.07, 6.45) is 3.27. The van der Waals surface area contributed by atoms with Crippen LogP contribution < -0.4 is 0 Å². The fourth-order valence-corrected chi connectivity index (χ4v) is 4.26. The van der Waals surface area contributed by atoms with Gasteiger partial charge in [-0.25, -0.2) is 4.39 Å². The Labute approximate surface area is 171 Å². The summed E-state index contributed by atoms with van der Waals surface area (Å²) in [6, 6.07) is 4.48. The lowest BCUT2D eigenvalue weighted by atomic mass is 9.92. The molecule has 28 heavy (non-hydrogen) atoms. The molecule has 0 radical (unpaired) electrons. The lowest BCUT2D eigenvalue weighted by molar-refractivity contribution is -0.133. The van der Waals surface area contributed by atoms with Crippen LogP contribution in [0.5, 0.6) is 0 Å². The molecule has 2 fully saturated rings. The highest BCUT2D eigenvalue weighted by atomic mass is 35.5. The Hall–Kier alpha value is -1.66. The molecule has 7 heteroatoms. The molecular formula is C21H29ClFN3O2. The van der Waals surface area contributed by atoms with Gasteiger partial charge in [0.2, 0.25) is 11.8 Å². The molecule has 1 aromatic carbocycles. The molecule has 2 amide bonds. The average Bonchev–Trinajstić information content (AvgIpc) is 2.69. The molecule has 1 unspecified atom stereocenters. The van der Waals surface area contributed by atoms with Crippen LogP contribution in [0.4, 0.5) is 4.39 Å². The quantitative estimate of drug-likeness (QED) is 0.751. The fourth-order valence-electron chi connectivity index (χ4n) is 4.03. The summed E-state index contributed by atoms with van der Waals surface area (Å²) in [5.41, 5.74) is 0.265. The molecule has 0 N–H and O–H groups in total. The second-order valence-electron chi connectivity index (χ2n) is 7.95. The normalized spacial score (nSPS) is 21.0. The Bertz CT molecular complexity index is 687. The Morgan fingerprint density at radius 3 is 2.57 bits per heavy atom. The van der Waals surface area contributed by atoms with Gasteiger partial charge >= 0.3 is 0 Å². The smallest absolute Gasteiger partial charge is 0.227 e. The Morgan fingerprint density at radius 2 is 1.86 bits per heavy atom. The summed E-state index contributed by atoms with van der Waals surface area (Å²) in [5, 5.41) is 0.291. The number of piperidine rings is 1. The molecule has 3 rings (SSSR count). The van der Waals surface area contributed by atoms with Crippen molar-refractivity contribution in [2.24, 2.45) is 5.92 Å². The maximum absolute atomic E-state index is 14.0. The van der Waals surface area contributed by atoms with Gasteiger partial charge in [0.05, 0.1) is 6.42 Å². The molecule has 0 aromatic heterocycles. The van der Waals surface area contributed by atoms with E-state index in [4.69, 9.17) is 11.6 Å². The first kappa shape index (κ1) is 21.1. The number of amides is 2. The number of benzene rings is 1. The summed E-state index contributed by atoms with van der Waals surface area (Å²) >= 11 is 6.05. The number of nitrogens with zero attached hydrogens (tertiary/aromatic N) is 3. The van der Waals surface area contributed by atoms with E-state index in [1.165, 1.54) is 6.07 Å². The molecule has 5 nitrogen and oxygen atoms in total. The molecule has 0 spiro atoms. The van der Waals surface area contributed by atoms with Gasteiger partial charge < -0.3 is 14.7 Å². The number of hydrogen-bond donors (Lipinski definition) is 0. The number of carbonyl (C=O) groups excluding carboxylic acids is 2. The van der Waals surface area contributed by atoms with Gasteiger partial charge in [0.15, 0.2) is 0 Å². The first-order valence-corrected chi connectivity index (χ1v) is 10.5.